The Morgan fingerprint density at radius 3 is 3.06 bits per heavy atom. The molecule has 0 saturated carbocycles. The monoisotopic (exact) mass is 223 g/mol. The zero-order valence-electron chi connectivity index (χ0n) is 10.1. The fraction of sp³-hybridized carbons (Fsp3) is 0.583. The van der Waals surface area contributed by atoms with Gasteiger partial charge in [0.15, 0.2) is 0 Å². The van der Waals surface area contributed by atoms with Gasteiger partial charge in [-0.25, -0.2) is 4.98 Å². The van der Waals surface area contributed by atoms with E-state index in [1.54, 1.807) is 13.3 Å². The Labute approximate surface area is 97.2 Å². The highest BCUT2D eigenvalue weighted by Gasteiger charge is 1.99. The Kier molecular flexibility index (Phi) is 5.64. The van der Waals surface area contributed by atoms with Gasteiger partial charge >= 0.3 is 0 Å². The quantitative estimate of drug-likeness (QED) is 0.693. The number of methoxy groups -OCH3 is 1. The van der Waals surface area contributed by atoms with Gasteiger partial charge in [0, 0.05) is 24.5 Å². The molecule has 0 saturated heterocycles. The van der Waals surface area contributed by atoms with Crippen LogP contribution in [0, 0.1) is 5.92 Å². The second kappa shape index (κ2) is 7.06. The minimum Gasteiger partial charge on any atom is -0.481 e. The van der Waals surface area contributed by atoms with Crippen molar-refractivity contribution in [2.24, 2.45) is 11.7 Å². The van der Waals surface area contributed by atoms with Gasteiger partial charge in [0.2, 0.25) is 5.88 Å². The van der Waals surface area contributed by atoms with Crippen LogP contribution in [0.25, 0.3) is 0 Å². The molecule has 90 valence electrons. The van der Waals surface area contributed by atoms with Crippen molar-refractivity contribution in [2.75, 3.05) is 25.5 Å². The summed E-state index contributed by atoms with van der Waals surface area (Å²) < 4.78 is 5.05. The molecule has 0 radical (unpaired) electrons. The van der Waals surface area contributed by atoms with Crippen LogP contribution in [0.3, 0.4) is 0 Å². The molecule has 0 aliphatic heterocycles. The normalized spacial score (nSPS) is 12.2. The summed E-state index contributed by atoms with van der Waals surface area (Å²) in [6.07, 6.45) is 4.03. The number of rotatable bonds is 7. The highest BCUT2D eigenvalue weighted by Crippen LogP contribution is 2.13. The van der Waals surface area contributed by atoms with Crippen LogP contribution in [0.1, 0.15) is 19.8 Å². The number of aromatic nitrogens is 1. The molecule has 4 heteroatoms. The van der Waals surface area contributed by atoms with Crippen molar-refractivity contribution in [1.29, 1.82) is 0 Å². The number of hydrogen-bond acceptors (Lipinski definition) is 4. The number of pyridine rings is 1. The van der Waals surface area contributed by atoms with E-state index in [1.807, 2.05) is 12.1 Å². The van der Waals surface area contributed by atoms with Gasteiger partial charge in [0.05, 0.1) is 7.11 Å². The molecule has 0 bridgehead atoms. The lowest BCUT2D eigenvalue weighted by atomic mass is 10.1. The Hall–Kier alpha value is -1.29. The van der Waals surface area contributed by atoms with Gasteiger partial charge in [-0.05, 0) is 31.4 Å². The first-order valence-corrected chi connectivity index (χ1v) is 5.70. The van der Waals surface area contributed by atoms with Crippen molar-refractivity contribution in [2.45, 2.75) is 19.8 Å². The van der Waals surface area contributed by atoms with Gasteiger partial charge in [-0.2, -0.15) is 0 Å². The molecule has 1 atom stereocenters. The molecule has 16 heavy (non-hydrogen) atoms. The van der Waals surface area contributed by atoms with Crippen LogP contribution in [0.2, 0.25) is 0 Å². The number of anilines is 1. The van der Waals surface area contributed by atoms with Crippen molar-refractivity contribution in [1.82, 2.24) is 4.98 Å². The summed E-state index contributed by atoms with van der Waals surface area (Å²) in [5, 5.41) is 3.34. The number of ether oxygens (including phenoxy) is 1. The summed E-state index contributed by atoms with van der Waals surface area (Å²) >= 11 is 0. The molecule has 1 aromatic rings. The van der Waals surface area contributed by atoms with E-state index in [2.05, 4.69) is 17.2 Å². The van der Waals surface area contributed by atoms with Crippen molar-refractivity contribution in [3.05, 3.63) is 18.3 Å². The summed E-state index contributed by atoms with van der Waals surface area (Å²) in [6.45, 7) is 3.90. The van der Waals surface area contributed by atoms with Crippen molar-refractivity contribution >= 4 is 5.69 Å². The predicted molar refractivity (Wildman–Crippen MR) is 66.7 cm³/mol. The molecule has 0 aliphatic carbocycles. The fourth-order valence-electron chi connectivity index (χ4n) is 1.43. The van der Waals surface area contributed by atoms with Crippen LogP contribution in [-0.4, -0.2) is 25.2 Å². The summed E-state index contributed by atoms with van der Waals surface area (Å²) in [7, 11) is 1.62. The lowest BCUT2D eigenvalue weighted by Crippen LogP contribution is -2.12. The van der Waals surface area contributed by atoms with Crippen LogP contribution in [0.5, 0.6) is 5.88 Å². The van der Waals surface area contributed by atoms with E-state index >= 15 is 0 Å². The summed E-state index contributed by atoms with van der Waals surface area (Å²) in [4.78, 5) is 4.05. The van der Waals surface area contributed by atoms with Crippen molar-refractivity contribution in [3.63, 3.8) is 0 Å². The molecule has 0 amide bonds. The highest BCUT2D eigenvalue weighted by atomic mass is 16.5. The molecule has 0 spiro atoms. The molecule has 1 aromatic heterocycles. The SMILES string of the molecule is COc1cc(NCCCC(C)CN)ccn1. The second-order valence-corrected chi connectivity index (χ2v) is 4.00. The van der Waals surface area contributed by atoms with Crippen molar-refractivity contribution in [3.8, 4) is 5.88 Å². The summed E-state index contributed by atoms with van der Waals surface area (Å²) in [5.41, 5.74) is 6.61. The van der Waals surface area contributed by atoms with E-state index < -0.39 is 0 Å². The molecule has 4 nitrogen and oxygen atoms in total. The molecule has 0 fully saturated rings. The summed E-state index contributed by atoms with van der Waals surface area (Å²) in [6, 6.07) is 3.83. The third-order valence-electron chi connectivity index (χ3n) is 2.55. The Balaban J connectivity index is 2.26. The number of nitrogens with zero attached hydrogens (tertiary/aromatic N) is 1. The Morgan fingerprint density at radius 2 is 2.38 bits per heavy atom. The standard InChI is InChI=1S/C12H21N3O/c1-10(9-13)4-3-6-14-11-5-7-15-12(8-11)16-2/h5,7-8,10H,3-4,6,9,13H2,1-2H3,(H,14,15). The van der Waals surface area contributed by atoms with Gasteiger partial charge < -0.3 is 15.8 Å². The Morgan fingerprint density at radius 1 is 1.56 bits per heavy atom. The lowest BCUT2D eigenvalue weighted by molar-refractivity contribution is 0.398. The number of hydrogen-bond donors (Lipinski definition) is 2. The summed E-state index contributed by atoms with van der Waals surface area (Å²) in [5.74, 6) is 1.24. The van der Waals surface area contributed by atoms with E-state index in [0.29, 0.717) is 11.8 Å². The van der Waals surface area contributed by atoms with E-state index in [9.17, 15) is 0 Å². The predicted octanol–water partition coefficient (Wildman–Crippen LogP) is 1.88. The van der Waals surface area contributed by atoms with E-state index in [0.717, 1.165) is 31.6 Å². The fourth-order valence-corrected chi connectivity index (χ4v) is 1.43. The third-order valence-corrected chi connectivity index (χ3v) is 2.55. The molecular weight excluding hydrogens is 202 g/mol. The third kappa shape index (κ3) is 4.49. The minimum absolute atomic E-state index is 0.605. The lowest BCUT2D eigenvalue weighted by Gasteiger charge is -2.10. The first-order chi connectivity index (χ1) is 7.76. The average molecular weight is 223 g/mol. The van der Waals surface area contributed by atoms with E-state index in [4.69, 9.17) is 10.5 Å². The maximum Gasteiger partial charge on any atom is 0.214 e. The largest absolute Gasteiger partial charge is 0.481 e. The second-order valence-electron chi connectivity index (χ2n) is 4.00. The van der Waals surface area contributed by atoms with Crippen molar-refractivity contribution < 1.29 is 4.74 Å². The molecular formula is C12H21N3O. The molecule has 1 heterocycles. The topological polar surface area (TPSA) is 60.2 Å². The van der Waals surface area contributed by atoms with Gasteiger partial charge in [0.1, 0.15) is 0 Å². The molecule has 3 N–H and O–H groups in total. The molecule has 1 unspecified atom stereocenters. The van der Waals surface area contributed by atoms with Gasteiger partial charge in [-0.1, -0.05) is 6.92 Å². The van der Waals surface area contributed by atoms with Gasteiger partial charge in [-0.3, -0.25) is 0 Å². The average Bonchev–Trinajstić information content (AvgIpc) is 2.34. The van der Waals surface area contributed by atoms with Gasteiger partial charge in [0.25, 0.3) is 0 Å². The van der Waals surface area contributed by atoms with Gasteiger partial charge in [-0.15, -0.1) is 0 Å². The van der Waals surface area contributed by atoms with Crippen LogP contribution >= 0.6 is 0 Å². The highest BCUT2D eigenvalue weighted by molar-refractivity contribution is 5.44. The van der Waals surface area contributed by atoms with E-state index in [-0.39, 0.29) is 0 Å². The van der Waals surface area contributed by atoms with Crippen LogP contribution in [0.15, 0.2) is 18.3 Å². The van der Waals surface area contributed by atoms with Crippen LogP contribution in [0.4, 0.5) is 5.69 Å². The van der Waals surface area contributed by atoms with Crippen LogP contribution in [-0.2, 0) is 0 Å². The molecule has 0 aromatic carbocycles. The Bertz CT molecular complexity index is 304. The zero-order valence-corrected chi connectivity index (χ0v) is 10.1. The maximum absolute atomic E-state index is 5.56. The first kappa shape index (κ1) is 12.8. The number of nitrogens with two attached hydrogens (primary N) is 1. The smallest absolute Gasteiger partial charge is 0.214 e. The zero-order chi connectivity index (χ0) is 11.8. The minimum atomic E-state index is 0.605. The molecule has 0 aliphatic rings. The maximum atomic E-state index is 5.56. The van der Waals surface area contributed by atoms with E-state index in [1.165, 1.54) is 0 Å². The number of nitrogens with one attached hydrogen (secondary N) is 1. The van der Waals surface area contributed by atoms with Crippen LogP contribution < -0.4 is 15.8 Å². The molecule has 1 rings (SSSR count). The first-order valence-electron chi connectivity index (χ1n) is 5.70.